The molecule has 0 saturated heterocycles. The number of hydrogen-bond donors (Lipinski definition) is 2. The van der Waals surface area contributed by atoms with Crippen molar-refractivity contribution < 1.29 is 9.90 Å². The Kier molecular flexibility index (Phi) is 5.36. The number of aliphatic hydroxyl groups is 1. The van der Waals surface area contributed by atoms with Crippen LogP contribution in [0, 0.1) is 0 Å². The van der Waals surface area contributed by atoms with Crippen LogP contribution in [0.15, 0.2) is 30.3 Å². The van der Waals surface area contributed by atoms with Crippen molar-refractivity contribution in [2.24, 2.45) is 0 Å². The molecule has 19 heavy (non-hydrogen) atoms. The summed E-state index contributed by atoms with van der Waals surface area (Å²) in [6.45, 7) is 6.53. The van der Waals surface area contributed by atoms with Crippen LogP contribution in [0.5, 0.6) is 0 Å². The Morgan fingerprint density at radius 3 is 2.47 bits per heavy atom. The van der Waals surface area contributed by atoms with Gasteiger partial charge < -0.3 is 15.3 Å². The number of aliphatic hydroxyl groups excluding tert-OH is 1. The van der Waals surface area contributed by atoms with E-state index in [2.05, 4.69) is 31.3 Å². The van der Waals surface area contributed by atoms with E-state index >= 15 is 0 Å². The molecule has 2 N–H and O–H groups in total. The summed E-state index contributed by atoms with van der Waals surface area (Å²) in [6.07, 6.45) is 0. The Labute approximate surface area is 115 Å². The summed E-state index contributed by atoms with van der Waals surface area (Å²) >= 11 is 0. The molecule has 0 aliphatic heterocycles. The molecule has 0 fully saturated rings. The number of nitrogens with one attached hydrogen (secondary N) is 1. The van der Waals surface area contributed by atoms with Crippen molar-refractivity contribution in [1.82, 2.24) is 10.2 Å². The fourth-order valence-electron chi connectivity index (χ4n) is 1.85. The van der Waals surface area contributed by atoms with Crippen LogP contribution in [-0.2, 0) is 5.41 Å². The SMILES string of the molecule is CC(NC(=O)N(C)CCO)C(C)(C)c1ccccc1. The molecule has 4 nitrogen and oxygen atoms in total. The highest BCUT2D eigenvalue weighted by Gasteiger charge is 2.29. The van der Waals surface area contributed by atoms with Gasteiger partial charge in [0.15, 0.2) is 0 Å². The summed E-state index contributed by atoms with van der Waals surface area (Å²) in [5, 5.41) is 11.8. The van der Waals surface area contributed by atoms with Crippen molar-refractivity contribution in [2.75, 3.05) is 20.2 Å². The van der Waals surface area contributed by atoms with Gasteiger partial charge in [-0.25, -0.2) is 4.79 Å². The first-order valence-corrected chi connectivity index (χ1v) is 6.57. The van der Waals surface area contributed by atoms with E-state index in [1.54, 1.807) is 7.05 Å². The maximum atomic E-state index is 11.9. The van der Waals surface area contributed by atoms with Gasteiger partial charge >= 0.3 is 6.03 Å². The second-order valence-corrected chi connectivity index (χ2v) is 5.40. The maximum absolute atomic E-state index is 11.9. The van der Waals surface area contributed by atoms with Crippen LogP contribution in [0.3, 0.4) is 0 Å². The zero-order valence-electron chi connectivity index (χ0n) is 12.2. The minimum atomic E-state index is -0.162. The van der Waals surface area contributed by atoms with Crippen LogP contribution in [0.4, 0.5) is 4.79 Å². The molecular formula is C15H24N2O2. The molecule has 0 bridgehead atoms. The number of carbonyl (C=O) groups is 1. The Morgan fingerprint density at radius 1 is 1.37 bits per heavy atom. The molecule has 0 heterocycles. The molecule has 0 saturated carbocycles. The van der Waals surface area contributed by atoms with E-state index in [1.165, 1.54) is 10.5 Å². The number of carbonyl (C=O) groups excluding carboxylic acids is 1. The lowest BCUT2D eigenvalue weighted by Gasteiger charge is -2.34. The fraction of sp³-hybridized carbons (Fsp3) is 0.533. The van der Waals surface area contributed by atoms with Crippen molar-refractivity contribution in [3.63, 3.8) is 0 Å². The highest BCUT2D eigenvalue weighted by Crippen LogP contribution is 2.26. The third kappa shape index (κ3) is 3.96. The molecule has 1 aromatic carbocycles. The van der Waals surface area contributed by atoms with E-state index in [4.69, 9.17) is 5.11 Å². The monoisotopic (exact) mass is 264 g/mol. The lowest BCUT2D eigenvalue weighted by Crippen LogP contribution is -2.50. The maximum Gasteiger partial charge on any atom is 0.317 e. The quantitative estimate of drug-likeness (QED) is 0.854. The number of hydrogen-bond acceptors (Lipinski definition) is 2. The molecule has 0 aliphatic rings. The van der Waals surface area contributed by atoms with Gasteiger partial charge in [-0.1, -0.05) is 44.2 Å². The van der Waals surface area contributed by atoms with Crippen LogP contribution >= 0.6 is 0 Å². The summed E-state index contributed by atoms with van der Waals surface area (Å²) in [6, 6.07) is 9.96. The van der Waals surface area contributed by atoms with Crippen LogP contribution in [0.1, 0.15) is 26.3 Å². The fourth-order valence-corrected chi connectivity index (χ4v) is 1.85. The molecule has 1 unspecified atom stereocenters. The third-order valence-electron chi connectivity index (χ3n) is 3.72. The second-order valence-electron chi connectivity index (χ2n) is 5.40. The largest absolute Gasteiger partial charge is 0.395 e. The standard InChI is InChI=1S/C15H24N2O2/c1-12(16-14(19)17(4)10-11-18)15(2,3)13-8-6-5-7-9-13/h5-9,12,18H,10-11H2,1-4H3,(H,16,19). The number of benzene rings is 1. The Morgan fingerprint density at radius 2 is 1.95 bits per heavy atom. The molecule has 1 atom stereocenters. The van der Waals surface area contributed by atoms with E-state index in [1.807, 2.05) is 25.1 Å². The van der Waals surface area contributed by atoms with Gasteiger partial charge in [-0.05, 0) is 12.5 Å². The van der Waals surface area contributed by atoms with Gasteiger partial charge in [0, 0.05) is 25.0 Å². The van der Waals surface area contributed by atoms with Crippen molar-refractivity contribution in [1.29, 1.82) is 0 Å². The van der Waals surface area contributed by atoms with Crippen molar-refractivity contribution >= 4 is 6.03 Å². The number of likely N-dealkylation sites (N-methyl/N-ethyl adjacent to an activating group) is 1. The Bertz CT molecular complexity index is 404. The Hall–Kier alpha value is -1.55. The highest BCUT2D eigenvalue weighted by molar-refractivity contribution is 5.74. The first-order valence-electron chi connectivity index (χ1n) is 6.57. The van der Waals surface area contributed by atoms with Crippen LogP contribution in [-0.4, -0.2) is 42.3 Å². The topological polar surface area (TPSA) is 52.6 Å². The van der Waals surface area contributed by atoms with Gasteiger partial charge in [-0.2, -0.15) is 0 Å². The average Bonchev–Trinajstić information content (AvgIpc) is 2.39. The summed E-state index contributed by atoms with van der Waals surface area (Å²) in [5.74, 6) is 0. The van der Waals surface area contributed by atoms with Crippen molar-refractivity contribution in [3.8, 4) is 0 Å². The first kappa shape index (κ1) is 15.5. The van der Waals surface area contributed by atoms with Gasteiger partial charge in [-0.3, -0.25) is 0 Å². The van der Waals surface area contributed by atoms with E-state index in [0.717, 1.165) is 0 Å². The molecule has 1 rings (SSSR count). The van der Waals surface area contributed by atoms with Gasteiger partial charge in [0.25, 0.3) is 0 Å². The lowest BCUT2D eigenvalue weighted by molar-refractivity contribution is 0.183. The van der Waals surface area contributed by atoms with E-state index in [9.17, 15) is 4.79 Å². The summed E-state index contributed by atoms with van der Waals surface area (Å²) in [5.41, 5.74) is 1.03. The smallest absolute Gasteiger partial charge is 0.317 e. The molecule has 0 radical (unpaired) electrons. The van der Waals surface area contributed by atoms with Gasteiger partial charge in [-0.15, -0.1) is 0 Å². The summed E-state index contributed by atoms with van der Waals surface area (Å²) in [7, 11) is 1.67. The average molecular weight is 264 g/mol. The van der Waals surface area contributed by atoms with Gasteiger partial charge in [0.05, 0.1) is 6.61 Å². The second kappa shape index (κ2) is 6.57. The normalized spacial score (nSPS) is 12.9. The van der Waals surface area contributed by atoms with Gasteiger partial charge in [0.1, 0.15) is 0 Å². The molecular weight excluding hydrogens is 240 g/mol. The zero-order chi connectivity index (χ0) is 14.5. The van der Waals surface area contributed by atoms with Gasteiger partial charge in [0.2, 0.25) is 0 Å². The summed E-state index contributed by atoms with van der Waals surface area (Å²) < 4.78 is 0. The number of urea groups is 1. The number of amides is 2. The predicted octanol–water partition coefficient (Wildman–Crippen LogP) is 1.99. The van der Waals surface area contributed by atoms with Crippen LogP contribution < -0.4 is 5.32 Å². The van der Waals surface area contributed by atoms with E-state index in [0.29, 0.717) is 6.54 Å². The molecule has 0 aliphatic carbocycles. The molecule has 106 valence electrons. The molecule has 2 amide bonds. The van der Waals surface area contributed by atoms with Crippen LogP contribution in [0.25, 0.3) is 0 Å². The summed E-state index contributed by atoms with van der Waals surface area (Å²) in [4.78, 5) is 13.4. The lowest BCUT2D eigenvalue weighted by atomic mass is 9.78. The third-order valence-corrected chi connectivity index (χ3v) is 3.72. The van der Waals surface area contributed by atoms with Crippen LogP contribution in [0.2, 0.25) is 0 Å². The minimum absolute atomic E-state index is 0.0106. The highest BCUT2D eigenvalue weighted by atomic mass is 16.3. The molecule has 0 aromatic heterocycles. The van der Waals surface area contributed by atoms with Crippen molar-refractivity contribution in [3.05, 3.63) is 35.9 Å². The van der Waals surface area contributed by atoms with E-state index < -0.39 is 0 Å². The first-order chi connectivity index (χ1) is 8.89. The van der Waals surface area contributed by atoms with Crippen molar-refractivity contribution in [2.45, 2.75) is 32.2 Å². The number of rotatable bonds is 5. The molecule has 4 heteroatoms. The number of nitrogens with zero attached hydrogens (tertiary/aromatic N) is 1. The predicted molar refractivity (Wildman–Crippen MR) is 77.2 cm³/mol. The van der Waals surface area contributed by atoms with E-state index in [-0.39, 0.29) is 24.1 Å². The molecule has 1 aromatic rings. The molecule has 0 spiro atoms. The zero-order valence-corrected chi connectivity index (χ0v) is 12.2. The minimum Gasteiger partial charge on any atom is -0.395 e. The Balaban J connectivity index is 2.72.